The molecule has 16 aromatic rings. The van der Waals surface area contributed by atoms with Gasteiger partial charge in [0.1, 0.15) is 45.6 Å². The van der Waals surface area contributed by atoms with Crippen LogP contribution in [0.25, 0.3) is 89.2 Å². The standard InChI is InChI=1S/C27H32ClN9O2.C27H33ClN8O.C25H27ClN8O2.C24H25ClN8O/c1-34-17-24(30-18-34)22-2-3-29-27(33-22)31-20-14-19-15-23(32-25(19)21(28)16-20)26(38)37-8-6-35(7-9-37)4-5-36-10-12-39-13-11-36;1-35(2)11-9-17-4-6-19(7-5-17)31-26(37)23-13-18-12-20(14-21(28)25(18)33-23)32-27-29-10-8-22(34-27)24-15-36(3)16-30-24;1-33-14-21(29-15-33)19-6-8-28-25(32-19)30-17-11-16-12-20(31-23(16)18(26)13-17)24(36)27-7-2-3-9-34-10-4-5-22(34)35;1-31-13-21(27-14-31)19-4-5-26-24(30-19)28-16-9-15-10-20(29-22(15)18(25)11-16)23(34)33-8-7-32-6-2-3-17(32)12-33/h2-3,14-18,32H,4-13H2,1H3,(H,29,31,33);8,10,12-17,19,33H,4-7,9,11H2,1-3H3,(H,31,37)(H,29,32,34);6,8,11-15,31H,2-5,7,9-10H2,1H3,(H,27,36)(H,28,30,32);4-5,9-11,13-14,17,29H,2-3,6-8,12H2,1H3,(H,26,28,30). The van der Waals surface area contributed by atoms with Gasteiger partial charge in [-0.25, -0.2) is 59.8 Å². The highest BCUT2D eigenvalue weighted by Crippen LogP contribution is 2.38. The third-order valence-electron chi connectivity index (χ3n) is 27.0. The fourth-order valence-corrected chi connectivity index (χ4v) is 20.4. The van der Waals surface area contributed by atoms with E-state index in [1.165, 1.54) is 19.3 Å². The number of nitrogens with zero attached hydrogens (tertiary/aromatic N) is 23. The highest BCUT2D eigenvalue weighted by molar-refractivity contribution is 6.37. The van der Waals surface area contributed by atoms with Crippen molar-refractivity contribution in [2.45, 2.75) is 82.7 Å². The number of ether oxygens (including phenoxy) is 1. The fourth-order valence-electron chi connectivity index (χ4n) is 19.3. The molecule has 4 aromatic carbocycles. The molecule has 0 bridgehead atoms. The van der Waals surface area contributed by atoms with Crippen LogP contribution in [-0.4, -0.2) is 306 Å². The average Bonchev–Trinajstić information content (AvgIpc) is 1.71. The van der Waals surface area contributed by atoms with E-state index in [0.29, 0.717) is 116 Å². The maximum atomic E-state index is 13.3. The Morgan fingerprint density at radius 1 is 0.425 bits per heavy atom. The number of amides is 5. The van der Waals surface area contributed by atoms with E-state index in [-0.39, 0.29) is 35.6 Å². The van der Waals surface area contributed by atoms with Gasteiger partial charge in [0.15, 0.2) is 0 Å². The molecule has 1 atom stereocenters. The molecule has 1 saturated carbocycles. The lowest BCUT2D eigenvalue weighted by molar-refractivity contribution is -0.127. The summed E-state index contributed by atoms with van der Waals surface area (Å²) < 4.78 is 12.9. The number of unbranched alkanes of at least 4 members (excludes halogenated alkanes) is 1. The van der Waals surface area contributed by atoms with Gasteiger partial charge in [-0.15, -0.1) is 0 Å². The van der Waals surface area contributed by atoms with E-state index in [1.54, 1.807) is 80.4 Å². The number of aromatic amines is 4. The number of fused-ring (bicyclic) bond motifs is 5. The van der Waals surface area contributed by atoms with Gasteiger partial charge < -0.3 is 94.4 Å². The zero-order chi connectivity index (χ0) is 101. The molecule has 12 aromatic heterocycles. The third kappa shape index (κ3) is 25.1. The maximum absolute atomic E-state index is 13.3. The smallest absolute Gasteiger partial charge is 0.270 e. The van der Waals surface area contributed by atoms with Crippen LogP contribution in [0.1, 0.15) is 113 Å². The van der Waals surface area contributed by atoms with Gasteiger partial charge in [0, 0.05) is 232 Å². The number of carbonyl (C=O) groups excluding carboxylic acids is 5. The quantitative estimate of drug-likeness (QED) is 0.0204. The number of halogens is 4. The molecule has 17 heterocycles. The summed E-state index contributed by atoms with van der Waals surface area (Å²) in [5.41, 5.74) is 13.8. The lowest BCUT2D eigenvalue weighted by Gasteiger charge is -2.37. The van der Waals surface area contributed by atoms with E-state index < -0.39 is 0 Å². The Kier molecular flexibility index (Phi) is 31.6. The Hall–Kier alpha value is -14.3. The number of H-pyrrole nitrogens is 4. The number of benzene rings is 4. The lowest BCUT2D eigenvalue weighted by atomic mass is 9.84. The summed E-state index contributed by atoms with van der Waals surface area (Å²) in [6.07, 6.45) is 32.5. The number of anilines is 8. The van der Waals surface area contributed by atoms with Crippen LogP contribution in [0, 0.1) is 5.92 Å². The first-order valence-corrected chi connectivity index (χ1v) is 50.9. The number of piperazine rings is 2. The van der Waals surface area contributed by atoms with Crippen LogP contribution < -0.4 is 31.9 Å². The Balaban J connectivity index is 0.000000123. The van der Waals surface area contributed by atoms with Gasteiger partial charge in [0.05, 0.1) is 103 Å². The predicted molar refractivity (Wildman–Crippen MR) is 567 cm³/mol. The van der Waals surface area contributed by atoms with Crippen molar-refractivity contribution in [2.75, 3.05) is 153 Å². The lowest BCUT2D eigenvalue weighted by Crippen LogP contribution is -2.52. The number of hydrogen-bond donors (Lipinski definition) is 10. The summed E-state index contributed by atoms with van der Waals surface area (Å²) in [4.78, 5) is 145. The molecule has 6 aliphatic rings. The minimum absolute atomic E-state index is 0.00370. The van der Waals surface area contributed by atoms with Crippen LogP contribution in [0.3, 0.4) is 0 Å². The largest absolute Gasteiger partial charge is 0.379 e. The fraction of sp³-hybridized carbons (Fsp3) is 0.369. The first-order valence-electron chi connectivity index (χ1n) is 49.3. The molecule has 6 fully saturated rings. The van der Waals surface area contributed by atoms with Crippen LogP contribution in [0.15, 0.2) is 172 Å². The van der Waals surface area contributed by atoms with E-state index in [1.807, 2.05) is 153 Å². The summed E-state index contributed by atoms with van der Waals surface area (Å²) >= 11 is 26.3. The van der Waals surface area contributed by atoms with Crippen molar-refractivity contribution in [3.05, 3.63) is 215 Å². The van der Waals surface area contributed by atoms with Gasteiger partial charge >= 0.3 is 0 Å². The summed E-state index contributed by atoms with van der Waals surface area (Å²) in [6.45, 7) is 15.8. The van der Waals surface area contributed by atoms with E-state index in [4.69, 9.17) is 51.1 Å². The summed E-state index contributed by atoms with van der Waals surface area (Å²) in [6, 6.07) is 30.2. The van der Waals surface area contributed by atoms with E-state index in [9.17, 15) is 24.0 Å². The van der Waals surface area contributed by atoms with E-state index >= 15 is 0 Å². The van der Waals surface area contributed by atoms with Crippen LogP contribution in [0.4, 0.5) is 46.5 Å². The molecular weight excluding hydrogens is 1940 g/mol. The normalized spacial score (nSPS) is 16.7. The monoisotopic (exact) mass is 2050 g/mol. The van der Waals surface area contributed by atoms with E-state index in [2.05, 4.69) is 145 Å². The van der Waals surface area contributed by atoms with Gasteiger partial charge in [-0.1, -0.05) is 46.4 Å². The van der Waals surface area contributed by atoms with Crippen LogP contribution >= 0.6 is 46.4 Å². The van der Waals surface area contributed by atoms with Crippen LogP contribution in [0.2, 0.25) is 20.1 Å². The Morgan fingerprint density at radius 3 is 1.24 bits per heavy atom. The van der Waals surface area contributed by atoms with Crippen molar-refractivity contribution >= 4 is 166 Å². The number of carbonyl (C=O) groups is 5. The maximum Gasteiger partial charge on any atom is 0.270 e. The molecule has 43 heteroatoms. The molecular formula is C103H117Cl4N33O6. The molecule has 1 unspecified atom stereocenters. The molecule has 146 heavy (non-hydrogen) atoms. The molecule has 5 aliphatic heterocycles. The highest BCUT2D eigenvalue weighted by Gasteiger charge is 2.35. The summed E-state index contributed by atoms with van der Waals surface area (Å²) in [5.74, 6) is 2.45. The Morgan fingerprint density at radius 2 is 0.829 bits per heavy atom. The summed E-state index contributed by atoms with van der Waals surface area (Å²) in [7, 11) is 11.9. The molecule has 10 N–H and O–H groups in total. The number of hydrogen-bond acceptors (Lipinski definition) is 26. The minimum atomic E-state index is -0.194. The van der Waals surface area contributed by atoms with Gasteiger partial charge in [0.25, 0.3) is 23.6 Å². The van der Waals surface area contributed by atoms with Crippen molar-refractivity contribution in [2.24, 2.45) is 34.1 Å². The number of morpholine rings is 1. The number of aromatic nitrogens is 20. The Bertz CT molecular complexity index is 7340. The second-order valence-electron chi connectivity index (χ2n) is 38.1. The first kappa shape index (κ1) is 100. The zero-order valence-electron chi connectivity index (χ0n) is 82.2. The number of aryl methyl sites for hydroxylation is 4. The van der Waals surface area contributed by atoms with Gasteiger partial charge in [0.2, 0.25) is 29.7 Å². The van der Waals surface area contributed by atoms with Crippen molar-refractivity contribution in [1.29, 1.82) is 0 Å². The topological polar surface area (TPSA) is 427 Å². The van der Waals surface area contributed by atoms with Crippen molar-refractivity contribution in [1.82, 2.24) is 143 Å². The van der Waals surface area contributed by atoms with Crippen molar-refractivity contribution < 1.29 is 28.7 Å². The van der Waals surface area contributed by atoms with Gasteiger partial charge in [-0.05, 0) is 194 Å². The molecule has 5 amide bonds. The Labute approximate surface area is 862 Å². The third-order valence-corrected chi connectivity index (χ3v) is 28.2. The molecule has 22 rings (SSSR count). The van der Waals surface area contributed by atoms with Crippen molar-refractivity contribution in [3.63, 3.8) is 0 Å². The second kappa shape index (κ2) is 46.0. The average molecular weight is 2060 g/mol. The number of imidazole rings is 4. The molecule has 5 saturated heterocycles. The van der Waals surface area contributed by atoms with E-state index in [0.717, 1.165) is 244 Å². The zero-order valence-corrected chi connectivity index (χ0v) is 85.2. The molecule has 758 valence electrons. The second-order valence-corrected chi connectivity index (χ2v) is 39.7. The van der Waals surface area contributed by atoms with Crippen LogP contribution in [-0.2, 0) is 37.7 Å². The number of likely N-dealkylation sites (tertiary alicyclic amines) is 1. The van der Waals surface area contributed by atoms with Crippen LogP contribution in [0.5, 0.6) is 0 Å². The van der Waals surface area contributed by atoms with Gasteiger partial charge in [-0.2, -0.15) is 0 Å². The number of rotatable bonds is 28. The van der Waals surface area contributed by atoms with Gasteiger partial charge in [-0.3, -0.25) is 38.7 Å². The SMILES string of the molecule is CN(C)CCC1CCC(NC(=O)c2cc3cc(Nc4nccc(-c5cn(C)cn5)n4)cc(Cl)c3[nH]2)CC1.Cn1cnc(-c2ccnc(Nc3cc(Cl)c4[nH]c(C(=O)N5CCN(CCN6CCOCC6)CC5)cc4c3)n2)c1.Cn1cnc(-c2ccnc(Nc3cc(Cl)c4[nH]c(C(=O)N5CCN6CCCC6C5)cc4c3)n2)c1.Cn1cnc(-c2ccnc(Nc3cc(Cl)c4[nH]c(C(=O)NCCCCN5CCCC5=O)cc4c3)n2)c1. The van der Waals surface area contributed by atoms with Crippen molar-refractivity contribution in [3.8, 4) is 45.6 Å². The molecule has 0 spiro atoms. The first-order chi connectivity index (χ1) is 70.8. The predicted octanol–water partition coefficient (Wildman–Crippen LogP) is 15.4. The molecule has 1 aliphatic carbocycles. The minimum Gasteiger partial charge on any atom is -0.379 e. The number of nitrogens with one attached hydrogen (secondary N) is 10. The molecule has 0 radical (unpaired) electrons. The highest BCUT2D eigenvalue weighted by atomic mass is 35.5. The summed E-state index contributed by atoms with van der Waals surface area (Å²) in [5, 5.41) is 24.4. The molecule has 39 nitrogen and oxygen atoms in total.